The number of hydrogen-bond donors (Lipinski definition) is 2. The zero-order chi connectivity index (χ0) is 20.1. The average Bonchev–Trinajstić information content (AvgIpc) is 2.67. The molecule has 0 aliphatic carbocycles. The molecule has 2 aromatic carbocycles. The van der Waals surface area contributed by atoms with Crippen molar-refractivity contribution >= 4 is 23.0 Å². The van der Waals surface area contributed by atoms with Gasteiger partial charge in [0.2, 0.25) is 0 Å². The molecule has 0 unspecified atom stereocenters. The van der Waals surface area contributed by atoms with E-state index in [9.17, 15) is 0 Å². The number of nitrogens with one attached hydrogen (secondary N) is 2. The van der Waals surface area contributed by atoms with Crippen molar-refractivity contribution in [1.29, 1.82) is 0 Å². The van der Waals surface area contributed by atoms with Crippen molar-refractivity contribution in [1.82, 2.24) is 9.97 Å². The van der Waals surface area contributed by atoms with Crippen molar-refractivity contribution in [2.45, 2.75) is 26.7 Å². The normalized spacial score (nSPS) is 10.6. The van der Waals surface area contributed by atoms with Gasteiger partial charge in [-0.05, 0) is 36.6 Å². The predicted molar refractivity (Wildman–Crippen MR) is 113 cm³/mol. The zero-order valence-electron chi connectivity index (χ0n) is 16.9. The zero-order valence-corrected chi connectivity index (χ0v) is 16.9. The van der Waals surface area contributed by atoms with E-state index in [2.05, 4.69) is 52.6 Å². The number of aromatic nitrogens is 2. The lowest BCUT2D eigenvalue weighted by molar-refractivity contribution is 0.355. The molecule has 6 nitrogen and oxygen atoms in total. The molecule has 0 aliphatic heterocycles. The maximum Gasteiger partial charge on any atom is 0.162 e. The Morgan fingerprint density at radius 2 is 1.50 bits per heavy atom. The van der Waals surface area contributed by atoms with Crippen LogP contribution in [0.1, 0.15) is 31.2 Å². The Morgan fingerprint density at radius 3 is 2.18 bits per heavy atom. The third-order valence-corrected chi connectivity index (χ3v) is 4.34. The van der Waals surface area contributed by atoms with Crippen molar-refractivity contribution in [3.05, 3.63) is 59.9 Å². The summed E-state index contributed by atoms with van der Waals surface area (Å²) in [5.74, 6) is 3.86. The second-order valence-electron chi connectivity index (χ2n) is 6.75. The number of rotatable bonds is 7. The van der Waals surface area contributed by atoms with Gasteiger partial charge < -0.3 is 20.1 Å². The first-order valence-electron chi connectivity index (χ1n) is 9.21. The molecule has 0 saturated heterocycles. The van der Waals surface area contributed by atoms with Crippen LogP contribution >= 0.6 is 0 Å². The molecule has 0 bridgehead atoms. The minimum atomic E-state index is 0.413. The first-order chi connectivity index (χ1) is 13.5. The fraction of sp³-hybridized carbons (Fsp3) is 0.273. The summed E-state index contributed by atoms with van der Waals surface area (Å²) in [7, 11) is 3.23. The van der Waals surface area contributed by atoms with Gasteiger partial charge in [0.15, 0.2) is 11.5 Å². The first kappa shape index (κ1) is 19.5. The van der Waals surface area contributed by atoms with Crippen LogP contribution in [0.25, 0.3) is 0 Å². The number of benzene rings is 2. The molecular weight excluding hydrogens is 352 g/mol. The predicted octanol–water partition coefficient (Wildman–Crippen LogP) is 5.41. The van der Waals surface area contributed by atoms with Gasteiger partial charge >= 0.3 is 0 Å². The Morgan fingerprint density at radius 1 is 0.821 bits per heavy atom. The van der Waals surface area contributed by atoms with E-state index in [0.29, 0.717) is 29.1 Å². The monoisotopic (exact) mass is 378 g/mol. The van der Waals surface area contributed by atoms with Crippen LogP contribution in [0.2, 0.25) is 0 Å². The van der Waals surface area contributed by atoms with E-state index >= 15 is 0 Å². The van der Waals surface area contributed by atoms with Gasteiger partial charge in [-0.15, -0.1) is 0 Å². The fourth-order valence-corrected chi connectivity index (χ4v) is 3.01. The molecular formula is C22H26N4O2. The number of hydrogen-bond acceptors (Lipinski definition) is 6. The quantitative estimate of drug-likeness (QED) is 0.573. The molecule has 1 heterocycles. The van der Waals surface area contributed by atoms with Gasteiger partial charge in [-0.2, -0.15) is 0 Å². The van der Waals surface area contributed by atoms with Crippen LogP contribution in [0.15, 0.2) is 48.5 Å². The van der Waals surface area contributed by atoms with E-state index in [4.69, 9.17) is 9.47 Å². The molecule has 28 heavy (non-hydrogen) atoms. The highest BCUT2D eigenvalue weighted by Crippen LogP contribution is 2.31. The summed E-state index contributed by atoms with van der Waals surface area (Å²) >= 11 is 0. The van der Waals surface area contributed by atoms with E-state index < -0.39 is 0 Å². The van der Waals surface area contributed by atoms with Crippen molar-refractivity contribution in [2.75, 3.05) is 24.9 Å². The molecule has 0 aliphatic rings. The lowest BCUT2D eigenvalue weighted by Gasteiger charge is -2.15. The molecule has 2 N–H and O–H groups in total. The van der Waals surface area contributed by atoms with Crippen molar-refractivity contribution in [3.8, 4) is 11.5 Å². The Bertz CT molecular complexity index is 957. The smallest absolute Gasteiger partial charge is 0.162 e. The largest absolute Gasteiger partial charge is 0.493 e. The minimum absolute atomic E-state index is 0.413. The van der Waals surface area contributed by atoms with Gasteiger partial charge in [0.1, 0.15) is 17.5 Å². The van der Waals surface area contributed by atoms with Gasteiger partial charge in [0.05, 0.1) is 14.2 Å². The summed E-state index contributed by atoms with van der Waals surface area (Å²) in [6.45, 7) is 6.23. The van der Waals surface area contributed by atoms with Gasteiger partial charge in [0, 0.05) is 23.5 Å². The first-order valence-corrected chi connectivity index (χ1v) is 9.21. The van der Waals surface area contributed by atoms with Gasteiger partial charge in [0.25, 0.3) is 0 Å². The summed E-state index contributed by atoms with van der Waals surface area (Å²) in [5, 5.41) is 6.73. The topological polar surface area (TPSA) is 68.3 Å². The highest BCUT2D eigenvalue weighted by atomic mass is 16.5. The Labute approximate surface area is 166 Å². The molecule has 0 saturated carbocycles. The summed E-state index contributed by atoms with van der Waals surface area (Å²) in [6, 6.07) is 15.8. The van der Waals surface area contributed by atoms with E-state index in [1.165, 1.54) is 5.56 Å². The number of aryl methyl sites for hydroxylation is 1. The number of para-hydroxylation sites is 1. The Balaban J connectivity index is 1.86. The Hall–Kier alpha value is -3.28. The van der Waals surface area contributed by atoms with Crippen molar-refractivity contribution in [3.63, 3.8) is 0 Å². The maximum atomic E-state index is 5.37. The van der Waals surface area contributed by atoms with Crippen LogP contribution in [-0.4, -0.2) is 24.2 Å². The summed E-state index contributed by atoms with van der Waals surface area (Å²) < 4.78 is 10.7. The maximum absolute atomic E-state index is 5.37. The van der Waals surface area contributed by atoms with E-state index in [1.807, 2.05) is 37.3 Å². The molecule has 0 atom stereocenters. The number of ether oxygens (including phenoxy) is 2. The van der Waals surface area contributed by atoms with E-state index in [1.54, 1.807) is 14.2 Å². The molecule has 0 fully saturated rings. The summed E-state index contributed by atoms with van der Waals surface area (Å²) in [5.41, 5.74) is 3.14. The third-order valence-electron chi connectivity index (χ3n) is 4.34. The number of nitrogens with zero attached hydrogens (tertiary/aromatic N) is 2. The fourth-order valence-electron chi connectivity index (χ4n) is 3.01. The molecule has 0 amide bonds. The molecule has 0 spiro atoms. The van der Waals surface area contributed by atoms with Crippen LogP contribution in [0.4, 0.5) is 23.0 Å². The number of anilines is 4. The molecule has 6 heteroatoms. The molecule has 0 radical (unpaired) electrons. The van der Waals surface area contributed by atoms with Crippen molar-refractivity contribution < 1.29 is 9.47 Å². The summed E-state index contributed by atoms with van der Waals surface area (Å²) in [4.78, 5) is 9.02. The minimum Gasteiger partial charge on any atom is -0.493 e. The molecule has 1 aromatic heterocycles. The van der Waals surface area contributed by atoms with Crippen LogP contribution in [0.3, 0.4) is 0 Å². The Kier molecular flexibility index (Phi) is 5.99. The van der Waals surface area contributed by atoms with Gasteiger partial charge in [-0.3, -0.25) is 0 Å². The molecule has 146 valence electrons. The standard InChI is InChI=1S/C22H26N4O2/c1-14(2)17-8-6-7-9-18(17)26-22-13-21(23-15(3)24-22)25-16-10-11-19(27-4)20(12-16)28-5/h6-14H,1-5H3,(H2,23,24,25,26). The van der Waals surface area contributed by atoms with E-state index in [-0.39, 0.29) is 0 Å². The molecule has 3 rings (SSSR count). The van der Waals surface area contributed by atoms with Crippen LogP contribution in [-0.2, 0) is 0 Å². The second-order valence-corrected chi connectivity index (χ2v) is 6.75. The van der Waals surface area contributed by atoms with Crippen molar-refractivity contribution in [2.24, 2.45) is 0 Å². The highest BCUT2D eigenvalue weighted by molar-refractivity contribution is 5.67. The number of methoxy groups -OCH3 is 2. The van der Waals surface area contributed by atoms with Crippen LogP contribution in [0.5, 0.6) is 11.5 Å². The average molecular weight is 378 g/mol. The van der Waals surface area contributed by atoms with Gasteiger partial charge in [-0.25, -0.2) is 9.97 Å². The van der Waals surface area contributed by atoms with Gasteiger partial charge in [-0.1, -0.05) is 32.0 Å². The van der Waals surface area contributed by atoms with Crippen LogP contribution < -0.4 is 20.1 Å². The lowest BCUT2D eigenvalue weighted by Crippen LogP contribution is -2.03. The lowest BCUT2D eigenvalue weighted by atomic mass is 10.0. The molecule has 3 aromatic rings. The summed E-state index contributed by atoms with van der Waals surface area (Å²) in [6.07, 6.45) is 0. The highest BCUT2D eigenvalue weighted by Gasteiger charge is 2.10. The SMILES string of the molecule is COc1ccc(Nc2cc(Nc3ccccc3C(C)C)nc(C)n2)cc1OC. The second kappa shape index (κ2) is 8.61. The van der Waals surface area contributed by atoms with E-state index in [0.717, 1.165) is 17.2 Å². The van der Waals surface area contributed by atoms with Crippen LogP contribution in [0, 0.1) is 6.92 Å². The third kappa shape index (κ3) is 4.52.